The van der Waals surface area contributed by atoms with E-state index in [1.807, 2.05) is 22.8 Å². The minimum Gasteiger partial charge on any atom is -0.369 e. The molecule has 90 valence electrons. The number of halogens is 1. The highest BCUT2D eigenvalue weighted by Crippen LogP contribution is 2.22. The molecule has 0 aliphatic rings. The van der Waals surface area contributed by atoms with Crippen LogP contribution in [0.15, 0.2) is 36.8 Å². The average molecular weight is 260 g/mol. The van der Waals surface area contributed by atoms with Crippen LogP contribution in [0.3, 0.4) is 0 Å². The standard InChI is InChI=1S/C12H10ClN5/c13-8-1-2-11-10(5-8)17-12(14)18(11)6-9-3-4-15-7-16-9/h1-5,7H,6H2,(H2,14,17). The van der Waals surface area contributed by atoms with Crippen LogP contribution in [0.4, 0.5) is 5.95 Å². The number of imidazole rings is 1. The van der Waals surface area contributed by atoms with E-state index in [1.165, 1.54) is 6.33 Å². The highest BCUT2D eigenvalue weighted by molar-refractivity contribution is 6.31. The van der Waals surface area contributed by atoms with Crippen molar-refractivity contribution in [2.75, 3.05) is 5.73 Å². The van der Waals surface area contributed by atoms with Crippen LogP contribution in [-0.2, 0) is 6.54 Å². The molecule has 0 radical (unpaired) electrons. The Hall–Kier alpha value is -2.14. The molecule has 0 aliphatic heterocycles. The Labute approximate surface area is 108 Å². The van der Waals surface area contributed by atoms with Crippen LogP contribution in [0.1, 0.15) is 5.69 Å². The first-order valence-electron chi connectivity index (χ1n) is 5.40. The van der Waals surface area contributed by atoms with Gasteiger partial charge in [-0.2, -0.15) is 0 Å². The SMILES string of the molecule is Nc1nc2cc(Cl)ccc2n1Cc1ccncn1. The third-order valence-corrected chi connectivity index (χ3v) is 2.94. The third kappa shape index (κ3) is 1.89. The Morgan fingerprint density at radius 1 is 1.28 bits per heavy atom. The molecule has 0 aliphatic carbocycles. The first-order valence-corrected chi connectivity index (χ1v) is 5.78. The Bertz CT molecular complexity index is 692. The number of benzene rings is 1. The van der Waals surface area contributed by atoms with Crippen LogP contribution in [0, 0.1) is 0 Å². The number of nitrogens with zero attached hydrogens (tertiary/aromatic N) is 4. The summed E-state index contributed by atoms with van der Waals surface area (Å²) in [5.41, 5.74) is 8.52. The maximum Gasteiger partial charge on any atom is 0.201 e. The highest BCUT2D eigenvalue weighted by Gasteiger charge is 2.09. The molecule has 0 saturated heterocycles. The second-order valence-corrected chi connectivity index (χ2v) is 4.33. The van der Waals surface area contributed by atoms with E-state index in [1.54, 1.807) is 12.3 Å². The molecule has 3 aromatic rings. The van der Waals surface area contributed by atoms with Crippen LogP contribution in [0.5, 0.6) is 0 Å². The smallest absolute Gasteiger partial charge is 0.201 e. The summed E-state index contributed by atoms with van der Waals surface area (Å²) < 4.78 is 1.90. The molecule has 2 heterocycles. The molecule has 0 bridgehead atoms. The zero-order valence-electron chi connectivity index (χ0n) is 9.42. The van der Waals surface area contributed by atoms with E-state index in [0.29, 0.717) is 17.5 Å². The average Bonchev–Trinajstić information content (AvgIpc) is 2.66. The van der Waals surface area contributed by atoms with Crippen LogP contribution in [0.25, 0.3) is 11.0 Å². The lowest BCUT2D eigenvalue weighted by atomic mass is 10.3. The summed E-state index contributed by atoms with van der Waals surface area (Å²) in [6.07, 6.45) is 3.22. The maximum absolute atomic E-state index is 5.93. The van der Waals surface area contributed by atoms with Gasteiger partial charge in [-0.25, -0.2) is 15.0 Å². The summed E-state index contributed by atoms with van der Waals surface area (Å²) in [4.78, 5) is 12.3. The lowest BCUT2D eigenvalue weighted by Gasteiger charge is -2.05. The van der Waals surface area contributed by atoms with Gasteiger partial charge < -0.3 is 10.3 Å². The largest absolute Gasteiger partial charge is 0.369 e. The molecule has 0 unspecified atom stereocenters. The summed E-state index contributed by atoms with van der Waals surface area (Å²) in [6, 6.07) is 7.37. The van der Waals surface area contributed by atoms with E-state index in [9.17, 15) is 0 Å². The van der Waals surface area contributed by atoms with Gasteiger partial charge in [0.2, 0.25) is 5.95 Å². The normalized spacial score (nSPS) is 10.9. The lowest BCUT2D eigenvalue weighted by molar-refractivity contribution is 0.803. The number of nitrogens with two attached hydrogens (primary N) is 1. The first-order chi connectivity index (χ1) is 8.74. The van der Waals surface area contributed by atoms with Gasteiger partial charge in [0, 0.05) is 11.2 Å². The Morgan fingerprint density at radius 3 is 2.94 bits per heavy atom. The van der Waals surface area contributed by atoms with Crippen molar-refractivity contribution >= 4 is 28.6 Å². The summed E-state index contributed by atoms with van der Waals surface area (Å²) >= 11 is 5.93. The maximum atomic E-state index is 5.93. The van der Waals surface area contributed by atoms with E-state index < -0.39 is 0 Å². The van der Waals surface area contributed by atoms with Crippen molar-refractivity contribution in [1.82, 2.24) is 19.5 Å². The van der Waals surface area contributed by atoms with E-state index in [4.69, 9.17) is 17.3 Å². The van der Waals surface area contributed by atoms with Crippen molar-refractivity contribution in [2.24, 2.45) is 0 Å². The number of hydrogen-bond acceptors (Lipinski definition) is 4. The number of fused-ring (bicyclic) bond motifs is 1. The minimum atomic E-state index is 0.450. The predicted octanol–water partition coefficient (Wildman–Crippen LogP) is 2.11. The van der Waals surface area contributed by atoms with Gasteiger partial charge in [0.25, 0.3) is 0 Å². The van der Waals surface area contributed by atoms with Crippen molar-refractivity contribution < 1.29 is 0 Å². The van der Waals surface area contributed by atoms with E-state index in [0.717, 1.165) is 16.7 Å². The van der Waals surface area contributed by atoms with Gasteiger partial charge in [0.05, 0.1) is 23.3 Å². The summed E-state index contributed by atoms with van der Waals surface area (Å²) in [7, 11) is 0. The molecule has 0 fully saturated rings. The monoisotopic (exact) mass is 259 g/mol. The third-order valence-electron chi connectivity index (χ3n) is 2.70. The fourth-order valence-electron chi connectivity index (χ4n) is 1.86. The fourth-order valence-corrected chi connectivity index (χ4v) is 2.03. The second kappa shape index (κ2) is 4.27. The molecular formula is C12H10ClN5. The molecule has 1 aromatic carbocycles. The van der Waals surface area contributed by atoms with Gasteiger partial charge in [-0.1, -0.05) is 11.6 Å². The Kier molecular flexibility index (Phi) is 2.60. The van der Waals surface area contributed by atoms with Crippen molar-refractivity contribution in [3.05, 3.63) is 47.5 Å². The van der Waals surface area contributed by atoms with Gasteiger partial charge in [-0.15, -0.1) is 0 Å². The minimum absolute atomic E-state index is 0.450. The highest BCUT2D eigenvalue weighted by atomic mass is 35.5. The van der Waals surface area contributed by atoms with E-state index in [-0.39, 0.29) is 0 Å². The van der Waals surface area contributed by atoms with Gasteiger partial charge in [0.1, 0.15) is 6.33 Å². The predicted molar refractivity (Wildman–Crippen MR) is 70.3 cm³/mol. The number of nitrogen functional groups attached to an aromatic ring is 1. The molecule has 5 nitrogen and oxygen atoms in total. The molecular weight excluding hydrogens is 250 g/mol. The molecule has 2 N–H and O–H groups in total. The second-order valence-electron chi connectivity index (χ2n) is 3.89. The topological polar surface area (TPSA) is 69.6 Å². The van der Waals surface area contributed by atoms with Crippen molar-refractivity contribution in [1.29, 1.82) is 0 Å². The van der Waals surface area contributed by atoms with Crippen molar-refractivity contribution in [3.8, 4) is 0 Å². The molecule has 18 heavy (non-hydrogen) atoms. The van der Waals surface area contributed by atoms with E-state index >= 15 is 0 Å². The number of rotatable bonds is 2. The molecule has 0 amide bonds. The summed E-state index contributed by atoms with van der Waals surface area (Å²) in [6.45, 7) is 0.562. The van der Waals surface area contributed by atoms with Gasteiger partial charge in [-0.05, 0) is 24.3 Å². The molecule has 0 atom stereocenters. The van der Waals surface area contributed by atoms with Crippen LogP contribution in [-0.4, -0.2) is 19.5 Å². The van der Waals surface area contributed by atoms with Gasteiger partial charge in [0.15, 0.2) is 0 Å². The number of anilines is 1. The zero-order chi connectivity index (χ0) is 12.5. The van der Waals surface area contributed by atoms with Gasteiger partial charge in [-0.3, -0.25) is 0 Å². The first kappa shape index (κ1) is 11.0. The Balaban J connectivity index is 2.09. The summed E-state index contributed by atoms with van der Waals surface area (Å²) in [5, 5.41) is 0.647. The molecule has 6 heteroatoms. The van der Waals surface area contributed by atoms with Gasteiger partial charge >= 0.3 is 0 Å². The van der Waals surface area contributed by atoms with Crippen molar-refractivity contribution in [3.63, 3.8) is 0 Å². The number of hydrogen-bond donors (Lipinski definition) is 1. The van der Waals surface area contributed by atoms with Crippen LogP contribution < -0.4 is 5.73 Å². The molecule has 2 aromatic heterocycles. The van der Waals surface area contributed by atoms with Crippen molar-refractivity contribution in [2.45, 2.75) is 6.54 Å². The quantitative estimate of drug-likeness (QED) is 0.765. The summed E-state index contributed by atoms with van der Waals surface area (Å²) in [5.74, 6) is 0.450. The van der Waals surface area contributed by atoms with E-state index in [2.05, 4.69) is 15.0 Å². The zero-order valence-corrected chi connectivity index (χ0v) is 10.2. The molecule has 3 rings (SSSR count). The molecule has 0 saturated carbocycles. The lowest BCUT2D eigenvalue weighted by Crippen LogP contribution is -2.05. The molecule has 0 spiro atoms. The van der Waals surface area contributed by atoms with Crippen LogP contribution in [0.2, 0.25) is 5.02 Å². The fraction of sp³-hybridized carbons (Fsp3) is 0.0833. The Morgan fingerprint density at radius 2 is 2.17 bits per heavy atom. The number of aromatic nitrogens is 4. The van der Waals surface area contributed by atoms with Crippen LogP contribution >= 0.6 is 11.6 Å².